The number of nitrogens with zero attached hydrogens (tertiary/aromatic N) is 3. The first-order valence-electron chi connectivity index (χ1n) is 6.93. The first-order chi connectivity index (χ1) is 10.1. The fraction of sp³-hybridized carbons (Fsp3) is 0.312. The minimum atomic E-state index is 0.00162. The van der Waals surface area contributed by atoms with Crippen molar-refractivity contribution < 1.29 is 9.53 Å². The van der Waals surface area contributed by atoms with E-state index in [4.69, 9.17) is 4.74 Å². The number of para-hydroxylation sites is 1. The lowest BCUT2D eigenvalue weighted by molar-refractivity contribution is 0.1000. The number of fused-ring (bicyclic) bond motifs is 1. The number of Topliss-reactive ketones (excluding diaryl/α,β-unsaturated/α-hetero) is 1. The lowest BCUT2D eigenvalue weighted by atomic mass is 9.93. The summed E-state index contributed by atoms with van der Waals surface area (Å²) in [6.07, 6.45) is 3.20. The lowest BCUT2D eigenvalue weighted by Crippen LogP contribution is -2.20. The van der Waals surface area contributed by atoms with E-state index >= 15 is 0 Å². The van der Waals surface area contributed by atoms with Gasteiger partial charge in [0, 0.05) is 12.6 Å². The van der Waals surface area contributed by atoms with Gasteiger partial charge in [0.2, 0.25) is 0 Å². The molecule has 0 bridgehead atoms. The number of rotatable bonds is 2. The van der Waals surface area contributed by atoms with Crippen LogP contribution in [0.5, 0.6) is 5.75 Å². The van der Waals surface area contributed by atoms with Gasteiger partial charge in [0.15, 0.2) is 11.6 Å². The van der Waals surface area contributed by atoms with Gasteiger partial charge in [-0.15, -0.1) is 0 Å². The molecule has 0 aliphatic carbocycles. The monoisotopic (exact) mass is 283 g/mol. The van der Waals surface area contributed by atoms with Crippen LogP contribution >= 0.6 is 0 Å². The molecule has 1 aromatic carbocycles. The van der Waals surface area contributed by atoms with E-state index in [0.717, 1.165) is 5.56 Å². The predicted octanol–water partition coefficient (Wildman–Crippen LogP) is 2.60. The number of aromatic nitrogens is 3. The topological polar surface area (TPSA) is 57.0 Å². The number of hydrogen-bond acceptors (Lipinski definition) is 4. The Morgan fingerprint density at radius 2 is 2.19 bits per heavy atom. The summed E-state index contributed by atoms with van der Waals surface area (Å²) < 4.78 is 7.47. The Balaban J connectivity index is 2.02. The van der Waals surface area contributed by atoms with E-state index in [-0.39, 0.29) is 12.4 Å². The van der Waals surface area contributed by atoms with Gasteiger partial charge in [0.25, 0.3) is 0 Å². The molecule has 1 aliphatic rings. The van der Waals surface area contributed by atoms with Crippen LogP contribution in [0.4, 0.5) is 0 Å². The van der Waals surface area contributed by atoms with Crippen LogP contribution in [0, 0.1) is 0 Å². The number of carbonyl (C=O) groups excluding carboxylic acids is 1. The molecule has 21 heavy (non-hydrogen) atoms. The molecule has 0 saturated heterocycles. The number of aryl methyl sites for hydroxylation is 1. The van der Waals surface area contributed by atoms with Crippen LogP contribution in [0.3, 0.4) is 0 Å². The van der Waals surface area contributed by atoms with Crippen molar-refractivity contribution in [2.75, 3.05) is 6.61 Å². The van der Waals surface area contributed by atoms with E-state index in [1.807, 2.05) is 18.2 Å². The number of carbonyl (C=O) groups is 1. The molecule has 5 nitrogen and oxygen atoms in total. The first-order valence-corrected chi connectivity index (χ1v) is 6.93. The third kappa shape index (κ3) is 2.35. The fourth-order valence-electron chi connectivity index (χ4n) is 2.44. The molecular weight excluding hydrogens is 266 g/mol. The lowest BCUT2D eigenvalue weighted by Gasteiger charge is -2.22. The zero-order valence-electron chi connectivity index (χ0n) is 12.3. The maximum atomic E-state index is 12.6. The van der Waals surface area contributed by atoms with E-state index in [2.05, 4.69) is 23.9 Å². The number of ketones is 1. The minimum absolute atomic E-state index is 0.00162. The summed E-state index contributed by atoms with van der Waals surface area (Å²) in [5.74, 6) is 1.68. The molecule has 0 amide bonds. The van der Waals surface area contributed by atoms with Crippen LogP contribution in [-0.4, -0.2) is 27.2 Å². The molecule has 2 aromatic rings. The zero-order valence-corrected chi connectivity index (χ0v) is 12.3. The second kappa shape index (κ2) is 5.16. The van der Waals surface area contributed by atoms with Crippen LogP contribution in [0.2, 0.25) is 0 Å². The minimum Gasteiger partial charge on any atom is -0.488 e. The van der Waals surface area contributed by atoms with E-state index in [1.54, 1.807) is 17.8 Å². The van der Waals surface area contributed by atoms with Gasteiger partial charge >= 0.3 is 0 Å². The van der Waals surface area contributed by atoms with Gasteiger partial charge in [0.05, 0.1) is 5.56 Å². The van der Waals surface area contributed by atoms with Crippen molar-refractivity contribution in [2.24, 2.45) is 7.05 Å². The largest absolute Gasteiger partial charge is 0.488 e. The predicted molar refractivity (Wildman–Crippen MR) is 79.3 cm³/mol. The molecular formula is C16H17N3O2. The molecule has 0 unspecified atom stereocenters. The Labute approximate surface area is 123 Å². The highest BCUT2D eigenvalue weighted by molar-refractivity contribution is 6.14. The number of hydrogen-bond donors (Lipinski definition) is 0. The van der Waals surface area contributed by atoms with Crippen molar-refractivity contribution in [3.63, 3.8) is 0 Å². The van der Waals surface area contributed by atoms with Crippen LogP contribution in [0.15, 0.2) is 30.1 Å². The van der Waals surface area contributed by atoms with Crippen molar-refractivity contribution in [1.29, 1.82) is 0 Å². The molecule has 2 heterocycles. The second-order valence-corrected chi connectivity index (χ2v) is 5.41. The van der Waals surface area contributed by atoms with Crippen molar-refractivity contribution in [3.05, 3.63) is 47.1 Å². The van der Waals surface area contributed by atoms with Crippen LogP contribution in [0.25, 0.3) is 6.08 Å². The standard InChI is InChI=1S/C16H17N3O2/c1-10(2)12-5-4-6-13-15(20)11(8-21-16(12)13)7-14-17-9-18-19(14)3/h4-7,9-10H,8H2,1-3H3. The number of benzene rings is 1. The molecule has 0 saturated carbocycles. The van der Waals surface area contributed by atoms with Crippen molar-refractivity contribution in [3.8, 4) is 5.75 Å². The van der Waals surface area contributed by atoms with E-state index in [1.165, 1.54) is 6.33 Å². The Morgan fingerprint density at radius 1 is 1.38 bits per heavy atom. The van der Waals surface area contributed by atoms with Gasteiger partial charge < -0.3 is 4.74 Å². The van der Waals surface area contributed by atoms with Crippen molar-refractivity contribution in [1.82, 2.24) is 14.8 Å². The number of ether oxygens (including phenoxy) is 1. The Morgan fingerprint density at radius 3 is 2.86 bits per heavy atom. The molecule has 5 heteroatoms. The third-order valence-corrected chi connectivity index (χ3v) is 3.63. The Kier molecular flexibility index (Phi) is 3.33. The average Bonchev–Trinajstić information content (AvgIpc) is 2.87. The highest BCUT2D eigenvalue weighted by atomic mass is 16.5. The van der Waals surface area contributed by atoms with Gasteiger partial charge in [-0.2, -0.15) is 5.10 Å². The average molecular weight is 283 g/mol. The molecule has 0 radical (unpaired) electrons. The molecule has 108 valence electrons. The molecule has 1 aliphatic heterocycles. The van der Waals surface area contributed by atoms with Gasteiger partial charge in [0.1, 0.15) is 18.7 Å². The van der Waals surface area contributed by atoms with Gasteiger partial charge in [-0.05, 0) is 23.6 Å². The summed E-state index contributed by atoms with van der Waals surface area (Å²) in [7, 11) is 1.79. The second-order valence-electron chi connectivity index (χ2n) is 5.41. The Bertz CT molecular complexity index is 729. The zero-order chi connectivity index (χ0) is 15.0. The van der Waals surface area contributed by atoms with Gasteiger partial charge in [-0.1, -0.05) is 26.0 Å². The summed E-state index contributed by atoms with van der Waals surface area (Å²) in [4.78, 5) is 16.7. The Hall–Kier alpha value is -2.43. The SMILES string of the molecule is CC(C)c1cccc2c1OCC(=Cc1ncnn1C)C2=O. The quantitative estimate of drug-likeness (QED) is 0.795. The van der Waals surface area contributed by atoms with E-state index in [9.17, 15) is 4.79 Å². The van der Waals surface area contributed by atoms with Gasteiger partial charge in [-0.3, -0.25) is 4.79 Å². The van der Waals surface area contributed by atoms with Crippen LogP contribution < -0.4 is 4.74 Å². The molecule has 0 atom stereocenters. The summed E-state index contributed by atoms with van der Waals surface area (Å²) >= 11 is 0. The highest BCUT2D eigenvalue weighted by Crippen LogP contribution is 2.35. The maximum absolute atomic E-state index is 12.6. The fourth-order valence-corrected chi connectivity index (χ4v) is 2.44. The molecule has 0 spiro atoms. The van der Waals surface area contributed by atoms with Crippen LogP contribution in [0.1, 0.15) is 41.5 Å². The van der Waals surface area contributed by atoms with Crippen molar-refractivity contribution in [2.45, 2.75) is 19.8 Å². The van der Waals surface area contributed by atoms with E-state index < -0.39 is 0 Å². The van der Waals surface area contributed by atoms with E-state index in [0.29, 0.717) is 28.6 Å². The molecule has 0 fully saturated rings. The summed E-state index contributed by atoms with van der Waals surface area (Å²) in [5.41, 5.74) is 2.29. The smallest absolute Gasteiger partial charge is 0.196 e. The normalized spacial score (nSPS) is 16.2. The van der Waals surface area contributed by atoms with Crippen LogP contribution in [-0.2, 0) is 7.05 Å². The maximum Gasteiger partial charge on any atom is 0.196 e. The molecule has 3 rings (SSSR count). The van der Waals surface area contributed by atoms with Crippen molar-refractivity contribution >= 4 is 11.9 Å². The summed E-state index contributed by atoms with van der Waals surface area (Å²) in [5, 5.41) is 4.00. The van der Waals surface area contributed by atoms with Gasteiger partial charge in [-0.25, -0.2) is 9.67 Å². The summed E-state index contributed by atoms with van der Waals surface area (Å²) in [6, 6.07) is 5.72. The first kappa shape index (κ1) is 13.5. The third-order valence-electron chi connectivity index (χ3n) is 3.63. The molecule has 1 aromatic heterocycles. The summed E-state index contributed by atoms with van der Waals surface area (Å²) in [6.45, 7) is 4.45. The molecule has 0 N–H and O–H groups in total. The highest BCUT2D eigenvalue weighted by Gasteiger charge is 2.26.